The first-order valence-corrected chi connectivity index (χ1v) is 17.3. The number of hydrogen-bond donors (Lipinski definition) is 4. The van der Waals surface area contributed by atoms with Gasteiger partial charge in [0.2, 0.25) is 11.8 Å². The van der Waals surface area contributed by atoms with Gasteiger partial charge in [-0.25, -0.2) is 9.18 Å². The van der Waals surface area contributed by atoms with E-state index in [2.05, 4.69) is 31.3 Å². The highest BCUT2D eigenvalue weighted by atomic mass is 19.1. The van der Waals surface area contributed by atoms with Crippen molar-refractivity contribution in [2.45, 2.75) is 103 Å². The van der Waals surface area contributed by atoms with E-state index in [1.165, 1.54) is 12.1 Å². The Morgan fingerprint density at radius 3 is 2.15 bits per heavy atom. The Balaban J connectivity index is 1.54. The number of nitrogens with one attached hydrogen (secondary N) is 4. The summed E-state index contributed by atoms with van der Waals surface area (Å²) in [5.41, 5.74) is 0.833. The zero-order valence-corrected chi connectivity index (χ0v) is 29.2. The topological polar surface area (TPSA) is 141 Å². The molecular formula is C35H53FN8O4. The van der Waals surface area contributed by atoms with Crippen molar-refractivity contribution in [3.63, 3.8) is 0 Å². The molecule has 0 radical (unpaired) electrons. The fourth-order valence-corrected chi connectivity index (χ4v) is 6.55. The summed E-state index contributed by atoms with van der Waals surface area (Å²) in [6, 6.07) is 3.62. The molecule has 12 nitrogen and oxygen atoms in total. The summed E-state index contributed by atoms with van der Waals surface area (Å²) in [4.78, 5) is 57.5. The highest BCUT2D eigenvalue weighted by molar-refractivity contribution is 6.00. The zero-order valence-electron chi connectivity index (χ0n) is 29.2. The standard InChI is InChI=1S/C35H53FN8O4/c1-22(2)38-35(48)41-30(34(47)43-19-17-42(6)18-20-43)24(5)26-13-14-28(27(36)21-26)39-33(46)31(25-11-9-7-8-10-12-25)40-32(45)29-15-16-37-44(29)23(3)4/h13-16,21-25,30-31H,7-12,17-20H2,1-6H3,(H,39,46)(H,40,45)(H2,38,41,48). The number of amides is 5. The van der Waals surface area contributed by atoms with Gasteiger partial charge in [0.25, 0.3) is 5.91 Å². The molecule has 1 aliphatic carbocycles. The van der Waals surface area contributed by atoms with Gasteiger partial charge in [0.1, 0.15) is 23.6 Å². The summed E-state index contributed by atoms with van der Waals surface area (Å²) in [5.74, 6) is -2.46. The second-order valence-corrected chi connectivity index (χ2v) is 13.9. The summed E-state index contributed by atoms with van der Waals surface area (Å²) in [6.07, 6.45) is 7.16. The van der Waals surface area contributed by atoms with E-state index in [-0.39, 0.29) is 29.6 Å². The number of aromatic nitrogens is 2. The van der Waals surface area contributed by atoms with E-state index in [9.17, 15) is 19.2 Å². The molecule has 4 rings (SSSR count). The van der Waals surface area contributed by atoms with Crippen LogP contribution in [0.1, 0.15) is 101 Å². The fourth-order valence-electron chi connectivity index (χ4n) is 6.55. The van der Waals surface area contributed by atoms with E-state index in [4.69, 9.17) is 0 Å². The van der Waals surface area contributed by atoms with E-state index < -0.39 is 41.7 Å². The van der Waals surface area contributed by atoms with Gasteiger partial charge in [-0.1, -0.05) is 38.7 Å². The molecule has 1 aromatic heterocycles. The zero-order chi connectivity index (χ0) is 35.0. The summed E-state index contributed by atoms with van der Waals surface area (Å²) in [6.45, 7) is 11.8. The van der Waals surface area contributed by atoms with E-state index >= 15 is 4.39 Å². The smallest absolute Gasteiger partial charge is 0.315 e. The van der Waals surface area contributed by atoms with Crippen LogP contribution in [0.15, 0.2) is 30.5 Å². The third-order valence-electron chi connectivity index (χ3n) is 9.40. The number of carbonyl (C=O) groups is 4. The van der Waals surface area contributed by atoms with E-state index in [1.54, 1.807) is 34.8 Å². The van der Waals surface area contributed by atoms with E-state index in [1.807, 2.05) is 34.7 Å². The van der Waals surface area contributed by atoms with Crippen molar-refractivity contribution < 1.29 is 23.6 Å². The van der Waals surface area contributed by atoms with Crippen LogP contribution in [0, 0.1) is 11.7 Å². The van der Waals surface area contributed by atoms with E-state index in [0.717, 1.165) is 51.6 Å². The largest absolute Gasteiger partial charge is 0.339 e. The number of anilines is 1. The lowest BCUT2D eigenvalue weighted by molar-refractivity contribution is -0.135. The van der Waals surface area contributed by atoms with Crippen molar-refractivity contribution in [3.05, 3.63) is 47.5 Å². The number of nitrogens with zero attached hydrogens (tertiary/aromatic N) is 4. The Hall–Kier alpha value is -4.00. The molecule has 0 bridgehead atoms. The molecule has 5 amide bonds. The second-order valence-electron chi connectivity index (χ2n) is 13.9. The Bertz CT molecular complexity index is 1410. The van der Waals surface area contributed by atoms with Gasteiger partial charge in [-0.15, -0.1) is 0 Å². The molecule has 48 heavy (non-hydrogen) atoms. The first-order valence-electron chi connectivity index (χ1n) is 17.3. The van der Waals surface area contributed by atoms with Gasteiger partial charge in [-0.05, 0) is 77.3 Å². The number of rotatable bonds is 11. The molecule has 3 atom stereocenters. The molecule has 2 heterocycles. The molecular weight excluding hydrogens is 615 g/mol. The normalized spacial score (nSPS) is 18.1. The number of urea groups is 1. The van der Waals surface area contributed by atoms with Crippen molar-refractivity contribution >= 4 is 29.4 Å². The van der Waals surface area contributed by atoms with Gasteiger partial charge in [0, 0.05) is 50.4 Å². The summed E-state index contributed by atoms with van der Waals surface area (Å²) in [7, 11) is 1.99. The average molecular weight is 669 g/mol. The minimum atomic E-state index is -0.930. The van der Waals surface area contributed by atoms with Crippen molar-refractivity contribution in [2.75, 3.05) is 38.5 Å². The van der Waals surface area contributed by atoms with Crippen molar-refractivity contribution in [3.8, 4) is 0 Å². The Morgan fingerprint density at radius 1 is 0.875 bits per heavy atom. The maximum atomic E-state index is 15.8. The van der Waals surface area contributed by atoms with Crippen LogP contribution in [0.3, 0.4) is 0 Å². The number of hydrogen-bond acceptors (Lipinski definition) is 6. The van der Waals surface area contributed by atoms with Crippen LogP contribution in [-0.2, 0) is 9.59 Å². The van der Waals surface area contributed by atoms with Crippen LogP contribution in [0.4, 0.5) is 14.9 Å². The molecule has 1 saturated heterocycles. The summed E-state index contributed by atoms with van der Waals surface area (Å²) < 4.78 is 17.4. The van der Waals surface area contributed by atoms with Gasteiger partial charge < -0.3 is 31.1 Å². The Labute approximate surface area is 283 Å². The van der Waals surface area contributed by atoms with Crippen LogP contribution >= 0.6 is 0 Å². The van der Waals surface area contributed by atoms with Gasteiger partial charge in [0.05, 0.1) is 5.69 Å². The van der Waals surface area contributed by atoms with Gasteiger partial charge >= 0.3 is 6.03 Å². The minimum Gasteiger partial charge on any atom is -0.339 e. The highest BCUT2D eigenvalue weighted by Gasteiger charge is 2.35. The second kappa shape index (κ2) is 16.9. The maximum absolute atomic E-state index is 15.8. The predicted octanol–water partition coefficient (Wildman–Crippen LogP) is 4.26. The SMILES string of the molecule is CC(C)NC(=O)NC(C(=O)N1CCN(C)CC1)C(C)c1ccc(NC(=O)C(NC(=O)c2ccnn2C(C)C)C2CCCCCC2)c(F)c1. The molecule has 1 aliphatic heterocycles. The van der Waals surface area contributed by atoms with Gasteiger partial charge in [0.15, 0.2) is 0 Å². The average Bonchev–Trinajstić information content (AvgIpc) is 3.39. The first-order chi connectivity index (χ1) is 22.8. The van der Waals surface area contributed by atoms with Crippen LogP contribution in [0.5, 0.6) is 0 Å². The molecule has 0 spiro atoms. The lowest BCUT2D eigenvalue weighted by Gasteiger charge is -2.36. The molecule has 3 unspecified atom stereocenters. The van der Waals surface area contributed by atoms with Crippen molar-refractivity contribution in [2.24, 2.45) is 5.92 Å². The third-order valence-corrected chi connectivity index (χ3v) is 9.40. The first kappa shape index (κ1) is 36.8. The van der Waals surface area contributed by atoms with E-state index in [0.29, 0.717) is 24.3 Å². The molecule has 2 aromatic rings. The molecule has 1 aromatic carbocycles. The Morgan fingerprint density at radius 2 is 1.54 bits per heavy atom. The number of likely N-dealkylation sites (N-methyl/N-ethyl adjacent to an activating group) is 1. The molecule has 2 aliphatic rings. The summed E-state index contributed by atoms with van der Waals surface area (Å²) >= 11 is 0. The monoisotopic (exact) mass is 668 g/mol. The number of piperazine rings is 1. The number of benzene rings is 1. The lowest BCUT2D eigenvalue weighted by atomic mass is 9.90. The third kappa shape index (κ3) is 9.55. The van der Waals surface area contributed by atoms with Crippen LogP contribution in [-0.4, -0.2) is 94.7 Å². The summed E-state index contributed by atoms with van der Waals surface area (Å²) in [5, 5.41) is 15.5. The van der Waals surface area contributed by atoms with Crippen molar-refractivity contribution in [1.82, 2.24) is 35.5 Å². The molecule has 1 saturated carbocycles. The van der Waals surface area contributed by atoms with Gasteiger partial charge in [-0.3, -0.25) is 19.1 Å². The van der Waals surface area contributed by atoms with Crippen LogP contribution < -0.4 is 21.3 Å². The molecule has 4 N–H and O–H groups in total. The fraction of sp³-hybridized carbons (Fsp3) is 0.629. The predicted molar refractivity (Wildman–Crippen MR) is 183 cm³/mol. The Kier molecular flexibility index (Phi) is 13.0. The van der Waals surface area contributed by atoms with Crippen LogP contribution in [0.25, 0.3) is 0 Å². The maximum Gasteiger partial charge on any atom is 0.315 e. The van der Waals surface area contributed by atoms with Crippen molar-refractivity contribution in [1.29, 1.82) is 0 Å². The molecule has 13 heteroatoms. The lowest BCUT2D eigenvalue weighted by Crippen LogP contribution is -2.57. The quantitative estimate of drug-likeness (QED) is 0.264. The number of carbonyl (C=O) groups excluding carboxylic acids is 4. The molecule has 2 fully saturated rings. The molecule has 264 valence electrons. The highest BCUT2D eigenvalue weighted by Crippen LogP contribution is 2.29. The van der Waals surface area contributed by atoms with Gasteiger partial charge in [-0.2, -0.15) is 5.10 Å². The van der Waals surface area contributed by atoms with Crippen LogP contribution in [0.2, 0.25) is 0 Å². The number of halogens is 1. The minimum absolute atomic E-state index is 0.0245.